The van der Waals surface area contributed by atoms with E-state index in [1.165, 1.54) is 0 Å². The van der Waals surface area contributed by atoms with Crippen molar-refractivity contribution in [3.63, 3.8) is 0 Å². The summed E-state index contributed by atoms with van der Waals surface area (Å²) in [5.41, 5.74) is 6.47. The molecular weight excluding hydrogens is 176 g/mol. The van der Waals surface area contributed by atoms with Crippen LogP contribution < -0.4 is 10.0 Å². The summed E-state index contributed by atoms with van der Waals surface area (Å²) in [6.45, 7) is 0.189. The van der Waals surface area contributed by atoms with Gasteiger partial charge in [-0.1, -0.05) is 0 Å². The Morgan fingerprint density at radius 2 is 2.38 bits per heavy atom. The first-order chi connectivity index (χ1) is 6.13. The lowest BCUT2D eigenvalue weighted by Gasteiger charge is -2.33. The number of carbonyl (C=O) groups is 1. The van der Waals surface area contributed by atoms with Gasteiger partial charge in [-0.25, -0.2) is 0 Å². The fourth-order valence-electron chi connectivity index (χ4n) is 1.36. The number of hydrogen-bond acceptors (Lipinski definition) is 5. The zero-order valence-corrected chi connectivity index (χ0v) is 6.88. The van der Waals surface area contributed by atoms with E-state index in [1.54, 1.807) is 0 Å². The lowest BCUT2D eigenvalue weighted by Crippen LogP contribution is -2.52. The van der Waals surface area contributed by atoms with E-state index in [0.29, 0.717) is 6.42 Å². The molecule has 2 unspecified atom stereocenters. The first-order valence-corrected chi connectivity index (χ1v) is 3.84. The Labute approximate surface area is 74.2 Å². The van der Waals surface area contributed by atoms with E-state index in [0.717, 1.165) is 4.90 Å². The minimum atomic E-state index is -1.33. The predicted molar refractivity (Wildman–Crippen MR) is 38.7 cm³/mol. The Morgan fingerprint density at radius 3 is 2.92 bits per heavy atom. The maximum Gasteiger partial charge on any atom is 0.214 e. The van der Waals surface area contributed by atoms with Crippen LogP contribution in [0.4, 0.5) is 4.79 Å². The molecule has 0 aromatic heterocycles. The molecular formula is C6H10N4O3. The average molecular weight is 186 g/mol. The fraction of sp³-hybridized carbons (Fsp3) is 0.833. The fourth-order valence-corrected chi connectivity index (χ4v) is 1.36. The summed E-state index contributed by atoms with van der Waals surface area (Å²) >= 11 is 0. The van der Waals surface area contributed by atoms with Crippen LogP contribution in [0.1, 0.15) is 6.42 Å². The van der Waals surface area contributed by atoms with Crippen LogP contribution in [-0.2, 0) is 0 Å². The van der Waals surface area contributed by atoms with Crippen molar-refractivity contribution in [1.29, 1.82) is 5.53 Å². The summed E-state index contributed by atoms with van der Waals surface area (Å²) in [5.74, 6) is 0. The van der Waals surface area contributed by atoms with E-state index in [1.807, 2.05) is 0 Å². The molecule has 0 bridgehead atoms. The Balaban J connectivity index is 2.62. The molecule has 1 aliphatic rings. The molecule has 13 heavy (non-hydrogen) atoms. The van der Waals surface area contributed by atoms with E-state index >= 15 is 0 Å². The van der Waals surface area contributed by atoms with Gasteiger partial charge < -0.3 is 19.9 Å². The zero-order valence-electron chi connectivity index (χ0n) is 6.88. The van der Waals surface area contributed by atoms with E-state index in [4.69, 9.17) is 5.53 Å². The van der Waals surface area contributed by atoms with Crippen molar-refractivity contribution in [2.24, 2.45) is 5.11 Å². The molecule has 7 heteroatoms. The number of aliphatic hydroxyl groups is 1. The molecule has 1 heterocycles. The van der Waals surface area contributed by atoms with Crippen molar-refractivity contribution in [3.8, 4) is 0 Å². The number of β-amino-alcohol motifs (C(OH)–C–C–N with tert-alkyl or cyclic N) is 1. The molecule has 0 radical (unpaired) electrons. The minimum Gasteiger partial charge on any atom is -0.530 e. The standard InChI is InChI=1S/C6H10N4O3/c7-9-8-4-1-5(11)3-10(2-4)6(12)13/h4-5,7,11H,1-3H2. The van der Waals surface area contributed by atoms with Crippen LogP contribution in [0.25, 0.3) is 0 Å². The molecule has 0 saturated carbocycles. The minimum absolute atomic E-state index is 0.0480. The number of rotatable bonds is 1. The Hall–Kier alpha value is -1.46. The predicted octanol–water partition coefficient (Wildman–Crippen LogP) is -1.68. The number of aliphatic hydroxyl groups excluding tert-OH is 1. The van der Waals surface area contributed by atoms with Gasteiger partial charge in [-0.3, -0.25) is 0 Å². The molecule has 1 aliphatic heterocycles. The topological polar surface area (TPSA) is 114 Å². The third-order valence-corrected chi connectivity index (χ3v) is 1.89. The molecule has 0 aliphatic carbocycles. The smallest absolute Gasteiger partial charge is 0.214 e. The maximum absolute atomic E-state index is 10.4. The van der Waals surface area contributed by atoms with Crippen molar-refractivity contribution in [3.05, 3.63) is 0 Å². The molecule has 0 spiro atoms. The molecule has 7 nitrogen and oxygen atoms in total. The first-order valence-electron chi connectivity index (χ1n) is 3.84. The molecule has 2 atom stereocenters. The van der Waals surface area contributed by atoms with Gasteiger partial charge in [-0.05, 0) is 0 Å². The van der Waals surface area contributed by atoms with Crippen LogP contribution in [0.15, 0.2) is 5.11 Å². The van der Waals surface area contributed by atoms with E-state index < -0.39 is 18.2 Å². The molecule has 1 rings (SSSR count). The Morgan fingerprint density at radius 1 is 1.69 bits per heavy atom. The zero-order chi connectivity index (χ0) is 9.84. The maximum atomic E-state index is 10.4. The van der Waals surface area contributed by atoms with Crippen LogP contribution in [0.2, 0.25) is 0 Å². The third kappa shape index (κ3) is 2.50. The van der Waals surface area contributed by atoms with Crippen LogP contribution in [0.5, 0.6) is 0 Å². The average Bonchev–Trinajstić information content (AvgIpc) is 2.03. The monoisotopic (exact) mass is 186 g/mol. The van der Waals surface area contributed by atoms with Crippen LogP contribution in [-0.4, -0.2) is 41.3 Å². The molecule has 0 aromatic rings. The number of piperidine rings is 1. The van der Waals surface area contributed by atoms with Gasteiger partial charge in [-0.15, -0.1) is 0 Å². The van der Waals surface area contributed by atoms with Crippen LogP contribution >= 0.6 is 0 Å². The first kappa shape index (κ1) is 9.63. The highest BCUT2D eigenvalue weighted by Crippen LogP contribution is 2.12. The summed E-state index contributed by atoms with van der Waals surface area (Å²) in [6.07, 6.45) is -1.74. The van der Waals surface area contributed by atoms with Gasteiger partial charge in [0.1, 0.15) is 16.7 Å². The normalized spacial score (nSPS) is 27.9. The summed E-state index contributed by atoms with van der Waals surface area (Å²) < 4.78 is 0. The summed E-state index contributed by atoms with van der Waals surface area (Å²) in [7, 11) is 0. The number of amides is 1. The second-order valence-corrected chi connectivity index (χ2v) is 2.93. The van der Waals surface area contributed by atoms with Crippen molar-refractivity contribution in [1.82, 2.24) is 9.81 Å². The largest absolute Gasteiger partial charge is 0.530 e. The number of nitrogens with zero attached hydrogens (tertiary/aromatic N) is 3. The van der Waals surface area contributed by atoms with Gasteiger partial charge in [0, 0.05) is 19.5 Å². The van der Waals surface area contributed by atoms with E-state index in [2.05, 4.69) is 10.0 Å². The number of likely N-dealkylation sites (tertiary alicyclic amines) is 1. The summed E-state index contributed by atoms with van der Waals surface area (Å²) in [4.78, 5) is 14.2. The number of carboxylic acid groups (broad SMARTS) is 1. The number of nitrogens with one attached hydrogen (secondary N) is 1. The van der Waals surface area contributed by atoms with E-state index in [-0.39, 0.29) is 13.1 Å². The quantitative estimate of drug-likeness (QED) is 0.376. The highest BCUT2D eigenvalue weighted by Gasteiger charge is 2.28. The molecule has 72 valence electrons. The lowest BCUT2D eigenvalue weighted by molar-refractivity contribution is -0.268. The van der Waals surface area contributed by atoms with Crippen molar-refractivity contribution >= 4 is 6.09 Å². The van der Waals surface area contributed by atoms with Crippen LogP contribution in [0.3, 0.4) is 0 Å². The van der Waals surface area contributed by atoms with Crippen molar-refractivity contribution < 1.29 is 15.0 Å². The van der Waals surface area contributed by atoms with E-state index in [9.17, 15) is 15.0 Å². The lowest BCUT2D eigenvalue weighted by atomic mass is 10.0. The Bertz CT molecular complexity index is 240. The van der Waals surface area contributed by atoms with Gasteiger partial charge in [0.15, 0.2) is 6.04 Å². The number of hydrogen-bond donors (Lipinski definition) is 2. The number of carbonyl (C=O) groups excluding carboxylic acids is 1. The highest BCUT2D eigenvalue weighted by molar-refractivity contribution is 5.62. The molecule has 1 saturated heterocycles. The third-order valence-electron chi connectivity index (χ3n) is 1.89. The van der Waals surface area contributed by atoms with Crippen molar-refractivity contribution in [2.45, 2.75) is 18.6 Å². The molecule has 2 N–H and O–H groups in total. The van der Waals surface area contributed by atoms with Gasteiger partial charge in [0.05, 0.1) is 6.10 Å². The summed E-state index contributed by atoms with van der Waals surface area (Å²) in [5, 5.41) is 23.1. The summed E-state index contributed by atoms with van der Waals surface area (Å²) in [6, 6.07) is -0.431. The van der Waals surface area contributed by atoms with Gasteiger partial charge >= 0.3 is 0 Å². The van der Waals surface area contributed by atoms with Gasteiger partial charge in [0.25, 0.3) is 0 Å². The second kappa shape index (κ2) is 3.97. The second-order valence-electron chi connectivity index (χ2n) is 2.93. The Kier molecular flexibility index (Phi) is 2.94. The highest BCUT2D eigenvalue weighted by atomic mass is 16.4. The van der Waals surface area contributed by atoms with Crippen molar-refractivity contribution in [2.75, 3.05) is 13.1 Å². The molecule has 1 fully saturated rings. The van der Waals surface area contributed by atoms with Crippen LogP contribution in [0, 0.1) is 5.53 Å². The molecule has 1 amide bonds. The molecule has 0 aromatic carbocycles. The van der Waals surface area contributed by atoms with Gasteiger partial charge in [-0.2, -0.15) is 0 Å². The SMILES string of the molecule is N=[N+]=NC1CC(O)CN(C(=O)[O-])C1. The van der Waals surface area contributed by atoms with Gasteiger partial charge in [0.2, 0.25) is 4.91 Å².